The number of halogens is 2. The third-order valence-electron chi connectivity index (χ3n) is 3.27. The number of rotatable bonds is 3. The molecule has 0 spiro atoms. The fraction of sp³-hybridized carbons (Fsp3) is 0.133. The Kier molecular flexibility index (Phi) is 3.34. The number of carbonyl (C=O) groups is 1. The van der Waals surface area contributed by atoms with Gasteiger partial charge >= 0.3 is 5.97 Å². The van der Waals surface area contributed by atoms with E-state index in [9.17, 15) is 18.7 Å². The molecule has 0 radical (unpaired) electrons. The molecule has 2 nitrogen and oxygen atoms in total. The van der Waals surface area contributed by atoms with Crippen LogP contribution in [0.4, 0.5) is 8.78 Å². The summed E-state index contributed by atoms with van der Waals surface area (Å²) in [5, 5.41) is 9.49. The second-order valence-corrected chi connectivity index (χ2v) is 4.44. The van der Waals surface area contributed by atoms with Gasteiger partial charge in [0.05, 0.1) is 0 Å². The molecule has 0 fully saturated rings. The van der Waals surface area contributed by atoms with Gasteiger partial charge in [0.25, 0.3) is 0 Å². The smallest absolute Gasteiger partial charge is 0.318 e. The van der Waals surface area contributed by atoms with Crippen LogP contribution in [0.25, 0.3) is 0 Å². The Balaban J connectivity index is 2.57. The van der Waals surface area contributed by atoms with Crippen molar-refractivity contribution in [3.8, 4) is 0 Å². The minimum Gasteiger partial charge on any atom is -0.480 e. The summed E-state index contributed by atoms with van der Waals surface area (Å²) in [6.07, 6.45) is 0. The number of hydrogen-bond donors (Lipinski definition) is 1. The summed E-state index contributed by atoms with van der Waals surface area (Å²) in [5.74, 6) is -1.95. The van der Waals surface area contributed by atoms with Crippen LogP contribution in [-0.2, 0) is 10.2 Å². The van der Waals surface area contributed by atoms with Crippen LogP contribution < -0.4 is 0 Å². The monoisotopic (exact) mass is 262 g/mol. The zero-order valence-electron chi connectivity index (χ0n) is 10.2. The van der Waals surface area contributed by atoms with Crippen molar-refractivity contribution in [1.29, 1.82) is 0 Å². The van der Waals surface area contributed by atoms with Gasteiger partial charge in [-0.1, -0.05) is 24.3 Å². The Labute approximate surface area is 109 Å². The Morgan fingerprint density at radius 2 is 1.21 bits per heavy atom. The fourth-order valence-electron chi connectivity index (χ4n) is 1.98. The number of benzene rings is 2. The highest BCUT2D eigenvalue weighted by molar-refractivity contribution is 5.85. The van der Waals surface area contributed by atoms with Gasteiger partial charge in [-0.3, -0.25) is 4.79 Å². The van der Waals surface area contributed by atoms with E-state index in [-0.39, 0.29) is 0 Å². The average Bonchev–Trinajstić information content (AvgIpc) is 2.39. The first-order chi connectivity index (χ1) is 8.94. The van der Waals surface area contributed by atoms with E-state index in [1.54, 1.807) is 0 Å². The van der Waals surface area contributed by atoms with Gasteiger partial charge in [-0.05, 0) is 42.3 Å². The molecule has 0 aliphatic carbocycles. The molecule has 0 saturated carbocycles. The second-order valence-electron chi connectivity index (χ2n) is 4.44. The van der Waals surface area contributed by atoms with Crippen LogP contribution in [-0.4, -0.2) is 11.1 Å². The lowest BCUT2D eigenvalue weighted by molar-refractivity contribution is -0.141. The molecule has 98 valence electrons. The molecule has 0 unspecified atom stereocenters. The van der Waals surface area contributed by atoms with Crippen LogP contribution in [0.3, 0.4) is 0 Å². The third-order valence-corrected chi connectivity index (χ3v) is 3.27. The summed E-state index contributed by atoms with van der Waals surface area (Å²) in [7, 11) is 0. The van der Waals surface area contributed by atoms with E-state index < -0.39 is 23.0 Å². The number of hydrogen-bond acceptors (Lipinski definition) is 1. The molecule has 0 bridgehead atoms. The Morgan fingerprint density at radius 3 is 1.47 bits per heavy atom. The second kappa shape index (κ2) is 4.80. The molecule has 0 aliphatic heterocycles. The van der Waals surface area contributed by atoms with Crippen LogP contribution in [0, 0.1) is 11.6 Å². The van der Waals surface area contributed by atoms with E-state index in [0.717, 1.165) is 0 Å². The molecule has 2 rings (SSSR count). The van der Waals surface area contributed by atoms with Crippen LogP contribution in [0.15, 0.2) is 48.5 Å². The topological polar surface area (TPSA) is 37.3 Å². The molecular weight excluding hydrogens is 250 g/mol. The first kappa shape index (κ1) is 13.2. The van der Waals surface area contributed by atoms with Crippen LogP contribution in [0.2, 0.25) is 0 Å². The van der Waals surface area contributed by atoms with Gasteiger partial charge in [0.1, 0.15) is 17.0 Å². The summed E-state index contributed by atoms with van der Waals surface area (Å²) in [5.41, 5.74) is -0.470. The summed E-state index contributed by atoms with van der Waals surface area (Å²) < 4.78 is 25.9. The van der Waals surface area contributed by atoms with Crippen molar-refractivity contribution in [1.82, 2.24) is 0 Å². The van der Waals surface area contributed by atoms with E-state index in [0.29, 0.717) is 11.1 Å². The highest BCUT2D eigenvalue weighted by Crippen LogP contribution is 2.32. The zero-order chi connectivity index (χ0) is 14.0. The molecule has 2 aromatic rings. The largest absolute Gasteiger partial charge is 0.480 e. The first-order valence-corrected chi connectivity index (χ1v) is 5.70. The van der Waals surface area contributed by atoms with Gasteiger partial charge in [-0.2, -0.15) is 0 Å². The fourth-order valence-corrected chi connectivity index (χ4v) is 1.98. The minimum atomic E-state index is -1.35. The van der Waals surface area contributed by atoms with Gasteiger partial charge < -0.3 is 5.11 Å². The van der Waals surface area contributed by atoms with Crippen molar-refractivity contribution in [2.75, 3.05) is 0 Å². The highest BCUT2D eigenvalue weighted by Gasteiger charge is 2.37. The zero-order valence-corrected chi connectivity index (χ0v) is 10.2. The van der Waals surface area contributed by atoms with E-state index in [2.05, 4.69) is 0 Å². The maximum atomic E-state index is 12.9. The minimum absolute atomic E-state index is 0.435. The van der Waals surface area contributed by atoms with Gasteiger partial charge in [0.2, 0.25) is 0 Å². The van der Waals surface area contributed by atoms with Gasteiger partial charge in [0, 0.05) is 0 Å². The molecule has 0 atom stereocenters. The Hall–Kier alpha value is -2.23. The van der Waals surface area contributed by atoms with Gasteiger partial charge in [-0.25, -0.2) is 8.78 Å². The summed E-state index contributed by atoms with van der Waals surface area (Å²) in [6, 6.07) is 10.5. The number of aliphatic carboxylic acids is 1. The lowest BCUT2D eigenvalue weighted by atomic mass is 9.76. The van der Waals surface area contributed by atoms with Crippen LogP contribution in [0.1, 0.15) is 18.1 Å². The number of carboxylic acid groups (broad SMARTS) is 1. The molecule has 0 aliphatic rings. The average molecular weight is 262 g/mol. The van der Waals surface area contributed by atoms with E-state index >= 15 is 0 Å². The number of carboxylic acids is 1. The van der Waals surface area contributed by atoms with E-state index in [1.807, 2.05) is 0 Å². The molecule has 19 heavy (non-hydrogen) atoms. The van der Waals surface area contributed by atoms with Crippen molar-refractivity contribution < 1.29 is 18.7 Å². The molecular formula is C15H12F2O2. The van der Waals surface area contributed by atoms with Crippen molar-refractivity contribution in [3.63, 3.8) is 0 Å². The molecule has 0 amide bonds. The van der Waals surface area contributed by atoms with Gasteiger partial charge in [-0.15, -0.1) is 0 Å². The first-order valence-electron chi connectivity index (χ1n) is 5.70. The van der Waals surface area contributed by atoms with E-state index in [1.165, 1.54) is 55.5 Å². The predicted molar refractivity (Wildman–Crippen MR) is 66.9 cm³/mol. The maximum Gasteiger partial charge on any atom is 0.318 e. The highest BCUT2D eigenvalue weighted by atomic mass is 19.1. The van der Waals surface area contributed by atoms with Crippen molar-refractivity contribution in [2.45, 2.75) is 12.3 Å². The van der Waals surface area contributed by atoms with Crippen molar-refractivity contribution in [3.05, 3.63) is 71.3 Å². The molecule has 0 heterocycles. The molecule has 1 N–H and O–H groups in total. The molecule has 0 saturated heterocycles. The lowest BCUT2D eigenvalue weighted by Gasteiger charge is -2.26. The SMILES string of the molecule is CC(C(=O)O)(c1ccc(F)cc1)c1ccc(F)cc1. The van der Waals surface area contributed by atoms with Gasteiger partial charge in [0.15, 0.2) is 0 Å². The lowest BCUT2D eigenvalue weighted by Crippen LogP contribution is -2.33. The Bertz CT molecular complexity index is 543. The van der Waals surface area contributed by atoms with Crippen molar-refractivity contribution in [2.24, 2.45) is 0 Å². The molecule has 2 aromatic carbocycles. The normalized spacial score (nSPS) is 11.3. The maximum absolute atomic E-state index is 12.9. The quantitative estimate of drug-likeness (QED) is 0.921. The summed E-state index contributed by atoms with van der Waals surface area (Å²) >= 11 is 0. The van der Waals surface area contributed by atoms with Crippen LogP contribution in [0.5, 0.6) is 0 Å². The van der Waals surface area contributed by atoms with E-state index in [4.69, 9.17) is 0 Å². The van der Waals surface area contributed by atoms with Crippen molar-refractivity contribution >= 4 is 5.97 Å². The predicted octanol–water partition coefficient (Wildman–Crippen LogP) is 3.36. The Morgan fingerprint density at radius 1 is 0.895 bits per heavy atom. The third kappa shape index (κ3) is 2.34. The standard InChI is InChI=1S/C15H12F2O2/c1-15(14(18)19,10-2-6-12(16)7-3-10)11-4-8-13(17)9-5-11/h2-9H,1H3,(H,18,19). The summed E-state index contributed by atoms with van der Waals surface area (Å²) in [4.78, 5) is 11.6. The molecule has 0 aromatic heterocycles. The summed E-state index contributed by atoms with van der Waals surface area (Å²) in [6.45, 7) is 1.51. The van der Waals surface area contributed by atoms with Crippen LogP contribution >= 0.6 is 0 Å². The molecule has 4 heteroatoms.